The molecule has 0 radical (unpaired) electrons. The molecule has 0 atom stereocenters. The first-order valence-electron chi connectivity index (χ1n) is 12.6. The molecule has 2 saturated heterocycles. The molecule has 8 nitrogen and oxygen atoms in total. The van der Waals surface area contributed by atoms with Gasteiger partial charge in [0.2, 0.25) is 15.9 Å². The Labute approximate surface area is 204 Å². The predicted molar refractivity (Wildman–Crippen MR) is 134 cm³/mol. The molecule has 0 unspecified atom stereocenters. The third kappa shape index (κ3) is 5.57. The standard InChI is InChI=1S/C25H40N4O4S/c1-6-29(7-2)34(32,33)21-8-9-23(26-12-10-20(5)11-13-26)22(18-21)25(31)28-16-14-27(15-17-28)24(30)19(3)4/h8-9,18-20H,6-7,10-17H2,1-5H3. The number of nitrogens with zero attached hydrogens (tertiary/aromatic N) is 4. The first-order chi connectivity index (χ1) is 16.1. The molecule has 1 aromatic rings. The van der Waals surface area contributed by atoms with Crippen molar-refractivity contribution in [3.05, 3.63) is 23.8 Å². The Morgan fingerprint density at radius 3 is 2.06 bits per heavy atom. The molecule has 3 rings (SSSR count). The number of carbonyl (C=O) groups is 2. The van der Waals surface area contributed by atoms with E-state index < -0.39 is 10.0 Å². The van der Waals surface area contributed by atoms with Crippen LogP contribution in [0.25, 0.3) is 0 Å². The maximum Gasteiger partial charge on any atom is 0.256 e. The molecule has 2 heterocycles. The lowest BCUT2D eigenvalue weighted by atomic mass is 9.98. The summed E-state index contributed by atoms with van der Waals surface area (Å²) >= 11 is 0. The zero-order valence-corrected chi connectivity index (χ0v) is 22.1. The maximum absolute atomic E-state index is 13.7. The summed E-state index contributed by atoms with van der Waals surface area (Å²) in [6.07, 6.45) is 2.09. The van der Waals surface area contributed by atoms with Gasteiger partial charge in [0.15, 0.2) is 0 Å². The van der Waals surface area contributed by atoms with Crippen LogP contribution in [0.15, 0.2) is 23.1 Å². The van der Waals surface area contributed by atoms with Crippen LogP contribution in [-0.4, -0.2) is 86.7 Å². The second kappa shape index (κ2) is 11.1. The van der Waals surface area contributed by atoms with Crippen LogP contribution in [0.5, 0.6) is 0 Å². The van der Waals surface area contributed by atoms with Gasteiger partial charge in [-0.05, 0) is 37.0 Å². The lowest BCUT2D eigenvalue weighted by Crippen LogP contribution is -2.51. The van der Waals surface area contributed by atoms with Crippen molar-refractivity contribution in [1.82, 2.24) is 14.1 Å². The second-order valence-corrected chi connectivity index (χ2v) is 11.6. The summed E-state index contributed by atoms with van der Waals surface area (Å²) in [7, 11) is -3.68. The Kier molecular flexibility index (Phi) is 8.62. The van der Waals surface area contributed by atoms with Gasteiger partial charge in [0.05, 0.1) is 10.5 Å². The van der Waals surface area contributed by atoms with Gasteiger partial charge >= 0.3 is 0 Å². The SMILES string of the molecule is CCN(CC)S(=O)(=O)c1ccc(N2CCC(C)CC2)c(C(=O)N2CCN(C(=O)C(C)C)CC2)c1. The Hall–Kier alpha value is -2.13. The summed E-state index contributed by atoms with van der Waals surface area (Å²) in [6, 6.07) is 5.00. The lowest BCUT2D eigenvalue weighted by molar-refractivity contribution is -0.135. The highest BCUT2D eigenvalue weighted by molar-refractivity contribution is 7.89. The molecule has 0 N–H and O–H groups in total. The number of benzene rings is 1. The van der Waals surface area contributed by atoms with E-state index in [1.54, 1.807) is 23.1 Å². The second-order valence-electron chi connectivity index (χ2n) is 9.71. The van der Waals surface area contributed by atoms with E-state index in [4.69, 9.17) is 0 Å². The minimum absolute atomic E-state index is 0.0719. The highest BCUT2D eigenvalue weighted by atomic mass is 32.2. The van der Waals surface area contributed by atoms with Crippen molar-refractivity contribution in [2.24, 2.45) is 11.8 Å². The van der Waals surface area contributed by atoms with Crippen LogP contribution in [0.4, 0.5) is 5.69 Å². The minimum Gasteiger partial charge on any atom is -0.371 e. The molecule has 0 bridgehead atoms. The third-order valence-corrected chi connectivity index (χ3v) is 9.08. The number of hydrogen-bond acceptors (Lipinski definition) is 5. The lowest BCUT2D eigenvalue weighted by Gasteiger charge is -2.37. The molecule has 2 aliphatic heterocycles. The van der Waals surface area contributed by atoms with Crippen molar-refractivity contribution in [3.8, 4) is 0 Å². The van der Waals surface area contributed by atoms with E-state index in [0.29, 0.717) is 50.7 Å². The third-order valence-electron chi connectivity index (χ3n) is 7.04. The predicted octanol–water partition coefficient (Wildman–Crippen LogP) is 2.89. The van der Waals surface area contributed by atoms with Gasteiger partial charge in [-0.1, -0.05) is 34.6 Å². The smallest absolute Gasteiger partial charge is 0.256 e. The van der Waals surface area contributed by atoms with Gasteiger partial charge in [-0.3, -0.25) is 9.59 Å². The summed E-state index contributed by atoms with van der Waals surface area (Å²) in [4.78, 5) is 32.0. The molecule has 1 aromatic carbocycles. The molecule has 34 heavy (non-hydrogen) atoms. The zero-order valence-electron chi connectivity index (χ0n) is 21.3. The summed E-state index contributed by atoms with van der Waals surface area (Å²) < 4.78 is 27.8. The number of amides is 2. The number of anilines is 1. The van der Waals surface area contributed by atoms with Crippen LogP contribution >= 0.6 is 0 Å². The van der Waals surface area contributed by atoms with Crippen LogP contribution in [0.2, 0.25) is 0 Å². The van der Waals surface area contributed by atoms with E-state index in [1.165, 1.54) is 4.31 Å². The van der Waals surface area contributed by atoms with E-state index in [2.05, 4.69) is 11.8 Å². The first-order valence-corrected chi connectivity index (χ1v) is 14.0. The molecular formula is C25H40N4O4S. The Morgan fingerprint density at radius 2 is 1.53 bits per heavy atom. The van der Waals surface area contributed by atoms with Crippen molar-refractivity contribution < 1.29 is 18.0 Å². The summed E-state index contributed by atoms with van der Waals surface area (Å²) in [6.45, 7) is 14.0. The van der Waals surface area contributed by atoms with E-state index >= 15 is 0 Å². The molecule has 0 saturated carbocycles. The molecule has 190 valence electrons. The Morgan fingerprint density at radius 1 is 0.971 bits per heavy atom. The maximum atomic E-state index is 13.7. The van der Waals surface area contributed by atoms with Crippen molar-refractivity contribution in [2.45, 2.75) is 52.4 Å². The molecule has 0 spiro atoms. The Balaban J connectivity index is 1.92. The molecule has 0 aliphatic carbocycles. The number of hydrogen-bond donors (Lipinski definition) is 0. The fourth-order valence-corrected chi connectivity index (χ4v) is 6.23. The molecule has 2 amide bonds. The fraction of sp³-hybridized carbons (Fsp3) is 0.680. The molecule has 2 fully saturated rings. The van der Waals surface area contributed by atoms with Crippen molar-refractivity contribution in [1.29, 1.82) is 0 Å². The number of rotatable bonds is 7. The van der Waals surface area contributed by atoms with Gasteiger partial charge in [-0.15, -0.1) is 0 Å². The average Bonchev–Trinajstić information content (AvgIpc) is 2.84. The van der Waals surface area contributed by atoms with Crippen molar-refractivity contribution in [2.75, 3.05) is 57.3 Å². The van der Waals surface area contributed by atoms with E-state index in [9.17, 15) is 18.0 Å². The zero-order chi connectivity index (χ0) is 25.0. The van der Waals surface area contributed by atoms with Crippen LogP contribution in [-0.2, 0) is 14.8 Å². The number of piperidine rings is 1. The highest BCUT2D eigenvalue weighted by Gasteiger charge is 2.31. The largest absolute Gasteiger partial charge is 0.371 e. The van der Waals surface area contributed by atoms with E-state index in [-0.39, 0.29) is 22.6 Å². The van der Waals surface area contributed by atoms with Gasteiger partial charge in [0.1, 0.15) is 0 Å². The van der Waals surface area contributed by atoms with Gasteiger partial charge in [-0.2, -0.15) is 4.31 Å². The summed E-state index contributed by atoms with van der Waals surface area (Å²) in [5.41, 5.74) is 1.24. The van der Waals surface area contributed by atoms with Crippen molar-refractivity contribution in [3.63, 3.8) is 0 Å². The topological polar surface area (TPSA) is 81.2 Å². The van der Waals surface area contributed by atoms with Crippen molar-refractivity contribution >= 4 is 27.5 Å². The van der Waals surface area contributed by atoms with E-state index in [0.717, 1.165) is 31.6 Å². The fourth-order valence-electron chi connectivity index (χ4n) is 4.75. The molecular weight excluding hydrogens is 452 g/mol. The van der Waals surface area contributed by atoms with Crippen LogP contribution in [0, 0.1) is 11.8 Å². The highest BCUT2D eigenvalue weighted by Crippen LogP contribution is 2.30. The van der Waals surface area contributed by atoms with Crippen LogP contribution < -0.4 is 4.90 Å². The number of piperazine rings is 1. The van der Waals surface area contributed by atoms with Gasteiger partial charge in [0.25, 0.3) is 5.91 Å². The van der Waals surface area contributed by atoms with Crippen LogP contribution in [0.3, 0.4) is 0 Å². The summed E-state index contributed by atoms with van der Waals surface area (Å²) in [5, 5.41) is 0. The number of carbonyl (C=O) groups excluding carboxylic acids is 2. The average molecular weight is 493 g/mol. The summed E-state index contributed by atoms with van der Waals surface area (Å²) in [5.74, 6) is 0.506. The molecule has 0 aromatic heterocycles. The van der Waals surface area contributed by atoms with Gasteiger partial charge in [0, 0.05) is 64.0 Å². The Bertz CT molecular complexity index is 975. The monoisotopic (exact) mass is 492 g/mol. The normalized spacial score (nSPS) is 18.1. The quantitative estimate of drug-likeness (QED) is 0.585. The molecule has 9 heteroatoms. The van der Waals surface area contributed by atoms with Gasteiger partial charge in [-0.25, -0.2) is 8.42 Å². The van der Waals surface area contributed by atoms with Gasteiger partial charge < -0.3 is 14.7 Å². The van der Waals surface area contributed by atoms with Crippen LogP contribution in [0.1, 0.15) is 57.8 Å². The molecule has 2 aliphatic rings. The van der Waals surface area contributed by atoms with E-state index in [1.807, 2.05) is 32.6 Å². The first kappa shape index (κ1) is 26.5. The number of sulfonamides is 1. The minimum atomic E-state index is -3.68.